The van der Waals surface area contributed by atoms with Gasteiger partial charge in [0.15, 0.2) is 16.7 Å². The molecule has 0 spiro atoms. The van der Waals surface area contributed by atoms with Crippen molar-refractivity contribution in [1.82, 2.24) is 19.2 Å². The molecule has 4 rings (SSSR count). The van der Waals surface area contributed by atoms with Crippen LogP contribution in [-0.2, 0) is 6.18 Å². The molecule has 2 aromatic carbocycles. The molecule has 2 heterocycles. The zero-order chi connectivity index (χ0) is 22.2. The molecule has 0 aliphatic carbocycles. The molecule has 10 heteroatoms. The number of aryl methyl sites for hydroxylation is 1. The highest BCUT2D eigenvalue weighted by atomic mass is 19.4. The van der Waals surface area contributed by atoms with Gasteiger partial charge in [-0.15, -0.1) is 0 Å². The molecule has 0 amide bonds. The third kappa shape index (κ3) is 3.81. The summed E-state index contributed by atoms with van der Waals surface area (Å²) >= 11 is 0. The first kappa shape index (κ1) is 20.0. The first-order chi connectivity index (χ1) is 14.8. The van der Waals surface area contributed by atoms with Gasteiger partial charge >= 0.3 is 6.18 Å². The molecule has 2 aromatic heterocycles. The third-order valence-corrected chi connectivity index (χ3v) is 4.59. The predicted octanol–water partition coefficient (Wildman–Crippen LogP) is 3.78. The number of benzene rings is 2. The van der Waals surface area contributed by atoms with Crippen molar-refractivity contribution in [2.24, 2.45) is 5.10 Å². The normalized spacial score (nSPS) is 11.8. The van der Waals surface area contributed by atoms with E-state index >= 15 is 0 Å². The predicted molar refractivity (Wildman–Crippen MR) is 107 cm³/mol. The SMILES string of the molecule is Cc1nc2c(=N)n(/N=C\c3ccc(C#N)cc3)cnc2n1-c1ccc(C(F)(F)F)cc1. The number of nitrogens with zero attached hydrogens (tertiary/aromatic N) is 6. The fraction of sp³-hybridized carbons (Fsp3) is 0.0952. The van der Waals surface area contributed by atoms with Crippen molar-refractivity contribution >= 4 is 17.4 Å². The summed E-state index contributed by atoms with van der Waals surface area (Å²) in [7, 11) is 0. The summed E-state index contributed by atoms with van der Waals surface area (Å²) in [5, 5.41) is 21.5. The highest BCUT2D eigenvalue weighted by Crippen LogP contribution is 2.30. The maximum Gasteiger partial charge on any atom is 0.416 e. The molecule has 0 atom stereocenters. The van der Waals surface area contributed by atoms with Crippen molar-refractivity contribution in [3.8, 4) is 11.8 Å². The van der Waals surface area contributed by atoms with Gasteiger partial charge in [0.2, 0.25) is 0 Å². The molecule has 0 bridgehead atoms. The maximum absolute atomic E-state index is 12.8. The molecule has 7 nitrogen and oxygen atoms in total. The van der Waals surface area contributed by atoms with E-state index in [2.05, 4.69) is 15.1 Å². The number of nitriles is 1. The van der Waals surface area contributed by atoms with Crippen LogP contribution >= 0.6 is 0 Å². The molecule has 0 aliphatic heterocycles. The van der Waals surface area contributed by atoms with Gasteiger partial charge in [0.25, 0.3) is 0 Å². The lowest BCUT2D eigenvalue weighted by Crippen LogP contribution is -2.18. The highest BCUT2D eigenvalue weighted by molar-refractivity contribution is 5.80. The number of hydrogen-bond acceptors (Lipinski definition) is 5. The van der Waals surface area contributed by atoms with E-state index in [4.69, 9.17) is 10.7 Å². The van der Waals surface area contributed by atoms with Gasteiger partial charge in [0.1, 0.15) is 12.2 Å². The summed E-state index contributed by atoms with van der Waals surface area (Å²) in [6.45, 7) is 1.68. The smallest absolute Gasteiger partial charge is 0.281 e. The molecule has 0 aliphatic rings. The van der Waals surface area contributed by atoms with Crippen molar-refractivity contribution < 1.29 is 13.2 Å². The Morgan fingerprint density at radius 2 is 1.77 bits per heavy atom. The molecular formula is C21H14F3N7. The lowest BCUT2D eigenvalue weighted by Gasteiger charge is -2.10. The van der Waals surface area contributed by atoms with Crippen molar-refractivity contribution in [2.45, 2.75) is 13.1 Å². The Labute approximate surface area is 173 Å². The number of aromatic nitrogens is 4. The van der Waals surface area contributed by atoms with E-state index in [0.29, 0.717) is 22.7 Å². The molecule has 154 valence electrons. The molecule has 0 saturated heterocycles. The second-order valence-electron chi connectivity index (χ2n) is 6.63. The van der Waals surface area contributed by atoms with Gasteiger partial charge in [-0.05, 0) is 48.9 Å². The molecule has 31 heavy (non-hydrogen) atoms. The molecule has 0 unspecified atom stereocenters. The fourth-order valence-electron chi connectivity index (χ4n) is 3.04. The van der Waals surface area contributed by atoms with Crippen LogP contribution in [0.1, 0.15) is 22.5 Å². The van der Waals surface area contributed by atoms with Crippen LogP contribution < -0.4 is 5.49 Å². The van der Waals surface area contributed by atoms with Crippen LogP contribution in [0.2, 0.25) is 0 Å². The van der Waals surface area contributed by atoms with Crippen LogP contribution in [0.15, 0.2) is 60.0 Å². The summed E-state index contributed by atoms with van der Waals surface area (Å²) < 4.78 is 41.3. The lowest BCUT2D eigenvalue weighted by atomic mass is 10.2. The van der Waals surface area contributed by atoms with E-state index < -0.39 is 11.7 Å². The van der Waals surface area contributed by atoms with Crippen molar-refractivity contribution in [3.63, 3.8) is 0 Å². The molecule has 0 saturated carbocycles. The quantitative estimate of drug-likeness (QED) is 0.510. The number of alkyl halides is 3. The average molecular weight is 421 g/mol. The second-order valence-corrected chi connectivity index (χ2v) is 6.63. The summed E-state index contributed by atoms with van der Waals surface area (Å²) in [5.41, 5.74) is 1.55. The van der Waals surface area contributed by atoms with Crippen LogP contribution in [0.4, 0.5) is 13.2 Å². The first-order valence-electron chi connectivity index (χ1n) is 9.01. The second kappa shape index (κ2) is 7.53. The Morgan fingerprint density at radius 3 is 2.39 bits per heavy atom. The first-order valence-corrected chi connectivity index (χ1v) is 9.01. The van der Waals surface area contributed by atoms with Crippen LogP contribution in [-0.4, -0.2) is 25.4 Å². The number of nitrogens with one attached hydrogen (secondary N) is 1. The monoisotopic (exact) mass is 421 g/mol. The van der Waals surface area contributed by atoms with Crippen LogP contribution in [0, 0.1) is 23.7 Å². The van der Waals surface area contributed by atoms with Gasteiger partial charge in [-0.2, -0.15) is 23.5 Å². The zero-order valence-electron chi connectivity index (χ0n) is 16.1. The maximum atomic E-state index is 12.8. The fourth-order valence-corrected chi connectivity index (χ4v) is 3.04. The Morgan fingerprint density at radius 1 is 1.10 bits per heavy atom. The Kier molecular flexibility index (Phi) is 4.87. The number of hydrogen-bond donors (Lipinski definition) is 1. The van der Waals surface area contributed by atoms with Crippen molar-refractivity contribution in [3.05, 3.63) is 82.9 Å². The Balaban J connectivity index is 1.72. The van der Waals surface area contributed by atoms with Crippen LogP contribution in [0.5, 0.6) is 0 Å². The van der Waals surface area contributed by atoms with E-state index in [1.807, 2.05) is 6.07 Å². The van der Waals surface area contributed by atoms with Gasteiger partial charge < -0.3 is 0 Å². The van der Waals surface area contributed by atoms with Crippen LogP contribution in [0.3, 0.4) is 0 Å². The standard InChI is InChI=1S/C21H14F3N7/c1-13-29-18-19(26)30(28-11-15-4-2-14(10-25)3-5-15)12-27-20(18)31(13)17-8-6-16(7-9-17)21(22,23)24/h2-9,11-12,26H,1H3/b26-19?,28-11-. The molecule has 1 N–H and O–H groups in total. The number of fused-ring (bicyclic) bond motifs is 1. The summed E-state index contributed by atoms with van der Waals surface area (Å²) in [6, 6.07) is 13.5. The van der Waals surface area contributed by atoms with Crippen molar-refractivity contribution in [2.75, 3.05) is 0 Å². The van der Waals surface area contributed by atoms with E-state index in [1.165, 1.54) is 29.4 Å². The summed E-state index contributed by atoms with van der Waals surface area (Å²) in [6.07, 6.45) is -1.56. The van der Waals surface area contributed by atoms with E-state index in [1.54, 1.807) is 35.8 Å². The average Bonchev–Trinajstić information content (AvgIpc) is 3.10. The van der Waals surface area contributed by atoms with Crippen LogP contribution in [0.25, 0.3) is 16.9 Å². The van der Waals surface area contributed by atoms with Gasteiger partial charge in [0, 0.05) is 5.69 Å². The van der Waals surface area contributed by atoms with E-state index in [9.17, 15) is 13.2 Å². The van der Waals surface area contributed by atoms with Gasteiger partial charge in [-0.1, -0.05) is 12.1 Å². The van der Waals surface area contributed by atoms with Crippen molar-refractivity contribution in [1.29, 1.82) is 10.7 Å². The summed E-state index contributed by atoms with van der Waals surface area (Å²) in [5.74, 6) is 0.476. The van der Waals surface area contributed by atoms with Gasteiger partial charge in [-0.25, -0.2) is 14.6 Å². The summed E-state index contributed by atoms with van der Waals surface area (Å²) in [4.78, 5) is 8.67. The number of imidazole rings is 1. The molecule has 0 radical (unpaired) electrons. The Bertz CT molecular complexity index is 1390. The minimum absolute atomic E-state index is 0.0244. The number of rotatable bonds is 3. The minimum Gasteiger partial charge on any atom is -0.281 e. The minimum atomic E-state index is -4.42. The molecule has 0 fully saturated rings. The lowest BCUT2D eigenvalue weighted by molar-refractivity contribution is -0.137. The largest absolute Gasteiger partial charge is 0.416 e. The van der Waals surface area contributed by atoms with Gasteiger partial charge in [-0.3, -0.25) is 9.98 Å². The molecular weight excluding hydrogens is 407 g/mol. The number of halogens is 3. The highest BCUT2D eigenvalue weighted by Gasteiger charge is 2.30. The Hall–Kier alpha value is -4.26. The van der Waals surface area contributed by atoms with E-state index in [-0.39, 0.29) is 11.0 Å². The topological polar surface area (TPSA) is 95.6 Å². The van der Waals surface area contributed by atoms with E-state index in [0.717, 1.165) is 17.7 Å². The van der Waals surface area contributed by atoms with Gasteiger partial charge in [0.05, 0.1) is 23.4 Å². The molecule has 4 aromatic rings. The zero-order valence-corrected chi connectivity index (χ0v) is 16.1. The third-order valence-electron chi connectivity index (χ3n) is 4.59.